The van der Waals surface area contributed by atoms with Crippen LogP contribution in [0.4, 0.5) is 10.5 Å². The van der Waals surface area contributed by atoms with Crippen LogP contribution in [0.1, 0.15) is 11.4 Å². The Morgan fingerprint density at radius 2 is 2.21 bits per heavy atom. The second kappa shape index (κ2) is 8.70. The molecular weight excluding hydrogens is 344 g/mol. The molecule has 8 heteroatoms. The van der Waals surface area contributed by atoms with Crippen LogP contribution in [-0.4, -0.2) is 35.0 Å². The smallest absolute Gasteiger partial charge is 0.312 e. The molecule has 0 aliphatic rings. The monoisotopic (exact) mass is 364 g/mol. The molecule has 24 heavy (non-hydrogen) atoms. The van der Waals surface area contributed by atoms with Crippen molar-refractivity contribution >= 4 is 40.7 Å². The second-order valence-electron chi connectivity index (χ2n) is 5.16. The Morgan fingerprint density at radius 3 is 2.83 bits per heavy atom. The summed E-state index contributed by atoms with van der Waals surface area (Å²) >= 11 is 3.18. The zero-order valence-electron chi connectivity index (χ0n) is 13.5. The number of benzene rings is 1. The molecule has 0 fully saturated rings. The molecule has 1 heterocycles. The van der Waals surface area contributed by atoms with E-state index in [1.54, 1.807) is 29.2 Å². The van der Waals surface area contributed by atoms with Crippen molar-refractivity contribution in [3.8, 4) is 11.3 Å². The molecule has 2 rings (SSSR count). The molecule has 0 aliphatic heterocycles. The highest BCUT2D eigenvalue weighted by Gasteiger charge is 2.19. The maximum absolute atomic E-state index is 12.4. The minimum atomic E-state index is -0.706. The van der Waals surface area contributed by atoms with Gasteiger partial charge in [-0.15, -0.1) is 11.3 Å². The Kier molecular flexibility index (Phi) is 6.62. The number of carbonyl (C=O) groups excluding carboxylic acids is 2. The highest BCUT2D eigenvalue weighted by atomic mass is 32.2. The van der Waals surface area contributed by atoms with E-state index in [0.717, 1.165) is 22.0 Å². The van der Waals surface area contributed by atoms with Gasteiger partial charge in [-0.1, -0.05) is 12.1 Å². The van der Waals surface area contributed by atoms with Crippen LogP contribution in [0.15, 0.2) is 29.6 Å². The lowest BCUT2D eigenvalue weighted by molar-refractivity contribution is -0.117. The number of anilines is 1. The number of nitrogens with zero attached hydrogens (tertiary/aromatic N) is 1. The van der Waals surface area contributed by atoms with Gasteiger partial charge in [0.15, 0.2) is 0 Å². The van der Waals surface area contributed by atoms with Crippen molar-refractivity contribution in [3.05, 3.63) is 34.7 Å². The molecule has 1 atom stereocenters. The van der Waals surface area contributed by atoms with Crippen LogP contribution >= 0.6 is 23.1 Å². The first-order chi connectivity index (χ1) is 11.5. The number of hydrogen-bond acceptors (Lipinski definition) is 5. The first-order valence-electron chi connectivity index (χ1n) is 7.38. The highest BCUT2D eigenvalue weighted by molar-refractivity contribution is 7.98. The van der Waals surface area contributed by atoms with Crippen molar-refractivity contribution in [1.29, 1.82) is 0 Å². The number of urea groups is 1. The van der Waals surface area contributed by atoms with Gasteiger partial charge < -0.3 is 16.4 Å². The number of primary amides is 1. The minimum Gasteiger partial charge on any atom is -0.352 e. The molecule has 0 saturated heterocycles. The Morgan fingerprint density at radius 1 is 1.42 bits per heavy atom. The number of rotatable bonds is 7. The lowest BCUT2D eigenvalue weighted by Crippen LogP contribution is -2.46. The summed E-state index contributed by atoms with van der Waals surface area (Å²) < 4.78 is 0. The van der Waals surface area contributed by atoms with Crippen LogP contribution in [0, 0.1) is 6.92 Å². The summed E-state index contributed by atoms with van der Waals surface area (Å²) in [6.45, 7) is 1.95. The fourth-order valence-corrected chi connectivity index (χ4v) is 3.25. The van der Waals surface area contributed by atoms with Gasteiger partial charge in [-0.05, 0) is 37.5 Å². The van der Waals surface area contributed by atoms with Gasteiger partial charge in [0.05, 0.1) is 10.7 Å². The second-order valence-corrected chi connectivity index (χ2v) is 7.21. The van der Waals surface area contributed by atoms with Crippen molar-refractivity contribution < 1.29 is 9.59 Å². The molecule has 4 N–H and O–H groups in total. The largest absolute Gasteiger partial charge is 0.352 e. The summed E-state index contributed by atoms with van der Waals surface area (Å²) in [6, 6.07) is 6.11. The lowest BCUT2D eigenvalue weighted by Gasteiger charge is -2.17. The van der Waals surface area contributed by atoms with Gasteiger partial charge >= 0.3 is 6.03 Å². The predicted octanol–water partition coefficient (Wildman–Crippen LogP) is 2.85. The summed E-state index contributed by atoms with van der Waals surface area (Å²) in [5.74, 6) is 0.464. The number of hydrogen-bond donors (Lipinski definition) is 3. The van der Waals surface area contributed by atoms with Crippen LogP contribution in [0.25, 0.3) is 11.3 Å². The van der Waals surface area contributed by atoms with Gasteiger partial charge in [0, 0.05) is 16.6 Å². The molecule has 1 aromatic heterocycles. The van der Waals surface area contributed by atoms with E-state index in [1.165, 1.54) is 0 Å². The Balaban J connectivity index is 2.10. The summed E-state index contributed by atoms with van der Waals surface area (Å²) in [6.07, 6.45) is 2.46. The zero-order valence-corrected chi connectivity index (χ0v) is 15.2. The summed E-state index contributed by atoms with van der Waals surface area (Å²) in [5.41, 5.74) is 7.62. The summed E-state index contributed by atoms with van der Waals surface area (Å²) in [7, 11) is 0. The van der Waals surface area contributed by atoms with Crippen LogP contribution in [0.5, 0.6) is 0 Å². The Bertz CT molecular complexity index is 718. The van der Waals surface area contributed by atoms with Crippen LogP contribution < -0.4 is 16.4 Å². The first-order valence-corrected chi connectivity index (χ1v) is 9.65. The Hall–Kier alpha value is -2.06. The molecule has 128 valence electrons. The van der Waals surface area contributed by atoms with E-state index in [2.05, 4.69) is 15.6 Å². The average molecular weight is 364 g/mol. The van der Waals surface area contributed by atoms with E-state index in [1.807, 2.05) is 36.8 Å². The molecule has 6 nitrogen and oxygen atoms in total. The van der Waals surface area contributed by atoms with E-state index >= 15 is 0 Å². The fourth-order valence-electron chi connectivity index (χ4n) is 2.16. The maximum Gasteiger partial charge on any atom is 0.312 e. The van der Waals surface area contributed by atoms with Crippen molar-refractivity contribution in [2.24, 2.45) is 5.73 Å². The normalized spacial score (nSPS) is 11.8. The van der Waals surface area contributed by atoms with E-state index < -0.39 is 12.1 Å². The van der Waals surface area contributed by atoms with Crippen LogP contribution in [0.3, 0.4) is 0 Å². The third-order valence-electron chi connectivity index (χ3n) is 3.29. The molecule has 0 saturated carbocycles. The third kappa shape index (κ3) is 5.24. The van der Waals surface area contributed by atoms with E-state index in [4.69, 9.17) is 5.73 Å². The number of aromatic nitrogens is 1. The summed E-state index contributed by atoms with van der Waals surface area (Å²) in [5, 5.41) is 8.28. The van der Waals surface area contributed by atoms with E-state index in [0.29, 0.717) is 12.1 Å². The quantitative estimate of drug-likeness (QED) is 0.704. The van der Waals surface area contributed by atoms with Gasteiger partial charge in [-0.25, -0.2) is 9.78 Å². The van der Waals surface area contributed by atoms with Crippen LogP contribution in [0.2, 0.25) is 0 Å². The lowest BCUT2D eigenvalue weighted by atomic mass is 10.1. The number of nitrogens with two attached hydrogens (primary N) is 1. The van der Waals surface area contributed by atoms with Crippen LogP contribution in [-0.2, 0) is 4.79 Å². The van der Waals surface area contributed by atoms with E-state index in [-0.39, 0.29) is 5.91 Å². The van der Waals surface area contributed by atoms with Crippen molar-refractivity contribution in [1.82, 2.24) is 10.3 Å². The minimum absolute atomic E-state index is 0.283. The topological polar surface area (TPSA) is 97.1 Å². The highest BCUT2D eigenvalue weighted by Crippen LogP contribution is 2.24. The average Bonchev–Trinajstić information content (AvgIpc) is 2.98. The van der Waals surface area contributed by atoms with Gasteiger partial charge in [0.1, 0.15) is 6.04 Å². The fraction of sp³-hybridized carbons (Fsp3) is 0.312. The molecule has 2 aromatic rings. The maximum atomic E-state index is 12.4. The molecule has 0 aliphatic carbocycles. The SMILES string of the molecule is CSCC[C@@H](NC(N)=O)C(=O)Nc1cccc(-c2csc(C)n2)c1. The van der Waals surface area contributed by atoms with Gasteiger partial charge in [0.2, 0.25) is 5.91 Å². The molecule has 0 unspecified atom stereocenters. The molecule has 0 spiro atoms. The number of carbonyl (C=O) groups is 2. The molecule has 0 radical (unpaired) electrons. The zero-order chi connectivity index (χ0) is 17.5. The molecule has 1 aromatic carbocycles. The first kappa shape index (κ1) is 18.3. The molecule has 3 amide bonds. The third-order valence-corrected chi connectivity index (χ3v) is 4.71. The number of amides is 3. The number of nitrogens with one attached hydrogen (secondary N) is 2. The van der Waals surface area contributed by atoms with Crippen molar-refractivity contribution in [3.63, 3.8) is 0 Å². The standard InChI is InChI=1S/C16H20N4O2S2/c1-10-18-14(9-24-10)11-4-3-5-12(8-11)19-15(21)13(6-7-23-2)20-16(17)22/h3-5,8-9,13H,6-7H2,1-2H3,(H,19,21)(H3,17,20,22)/t13-/m1/s1. The Labute approximate surface area is 149 Å². The van der Waals surface area contributed by atoms with Gasteiger partial charge in [-0.2, -0.15) is 11.8 Å². The number of thiazole rings is 1. The molecule has 0 bridgehead atoms. The predicted molar refractivity (Wildman–Crippen MR) is 100 cm³/mol. The number of thioether (sulfide) groups is 1. The summed E-state index contributed by atoms with van der Waals surface area (Å²) in [4.78, 5) is 27.9. The van der Waals surface area contributed by atoms with E-state index in [9.17, 15) is 9.59 Å². The van der Waals surface area contributed by atoms with Gasteiger partial charge in [0.25, 0.3) is 0 Å². The van der Waals surface area contributed by atoms with Crippen molar-refractivity contribution in [2.45, 2.75) is 19.4 Å². The molecular formula is C16H20N4O2S2. The number of aryl methyl sites for hydroxylation is 1. The van der Waals surface area contributed by atoms with Gasteiger partial charge in [-0.3, -0.25) is 4.79 Å². The van der Waals surface area contributed by atoms with Crippen molar-refractivity contribution in [2.75, 3.05) is 17.3 Å².